The molecular weight excluding hydrogens is 1340 g/mol. The number of carbonyl (C=O) groups is 4. The molecule has 0 aromatic carbocycles. The predicted molar refractivity (Wildman–Crippen MR) is 423 cm³/mol. The van der Waals surface area contributed by atoms with Gasteiger partial charge in [-0.15, -0.1) is 0 Å². The maximum Gasteiger partial charge on any atom is 0.472 e. The number of phosphoric ester groups is 2. The predicted octanol–water partition coefficient (Wildman–Crippen LogP) is 25.1. The summed E-state index contributed by atoms with van der Waals surface area (Å²) >= 11 is 0. The van der Waals surface area contributed by atoms with Crippen LogP contribution in [0.3, 0.4) is 0 Å². The highest BCUT2D eigenvalue weighted by Gasteiger charge is 2.30. The molecule has 103 heavy (non-hydrogen) atoms. The van der Waals surface area contributed by atoms with E-state index in [4.69, 9.17) is 37.0 Å². The van der Waals surface area contributed by atoms with E-state index in [-0.39, 0.29) is 25.7 Å². The Balaban J connectivity index is 5.26. The van der Waals surface area contributed by atoms with E-state index >= 15 is 0 Å². The standard InChI is InChI=1S/C84H160O17P2/c1-6-9-12-15-18-21-24-26-28-29-30-31-36-39-43-48-53-58-63-68-82(87)95-74-80(101-84(89)70-65-60-55-50-45-41-37-33-32-35-38-42-46-51-56-61-66-77(4)5)76-99-103(92,93)97-72-78(85)71-96-102(90,91)98-75-79(73-94-81(86)67-62-57-52-47-23-20-17-14-11-8-3)100-83(88)69-64-59-54-49-44-40-34-27-25-22-19-16-13-10-7-2/h22,25,27,34,77-80,85H,6-21,23-24,26,28-33,35-76H2,1-5H3,(H,90,91)(H,92,93)/b25-22-,34-27-/t78-,79+,80+/m0/s1. The first-order chi connectivity index (χ1) is 50.0. The molecule has 608 valence electrons. The van der Waals surface area contributed by atoms with Crippen LogP contribution in [0.5, 0.6) is 0 Å². The first-order valence-corrected chi connectivity index (χ1v) is 45.9. The molecule has 0 saturated carbocycles. The van der Waals surface area contributed by atoms with Crippen molar-refractivity contribution in [2.24, 2.45) is 5.92 Å². The topological polar surface area (TPSA) is 237 Å². The summed E-state index contributed by atoms with van der Waals surface area (Å²) in [6.45, 7) is 7.30. The van der Waals surface area contributed by atoms with Crippen LogP contribution in [0, 0.1) is 5.92 Å². The lowest BCUT2D eigenvalue weighted by molar-refractivity contribution is -0.161. The Morgan fingerprint density at radius 1 is 0.301 bits per heavy atom. The van der Waals surface area contributed by atoms with Gasteiger partial charge in [0.25, 0.3) is 0 Å². The largest absolute Gasteiger partial charge is 0.472 e. The number of aliphatic hydroxyl groups is 1. The van der Waals surface area contributed by atoms with Crippen LogP contribution in [0.4, 0.5) is 0 Å². The molecule has 0 aliphatic heterocycles. The van der Waals surface area contributed by atoms with Crippen molar-refractivity contribution in [2.45, 2.75) is 445 Å². The number of carbonyl (C=O) groups excluding carboxylic acids is 4. The summed E-state index contributed by atoms with van der Waals surface area (Å²) in [5.41, 5.74) is 0. The summed E-state index contributed by atoms with van der Waals surface area (Å²) in [5.74, 6) is -1.33. The molecule has 0 rings (SSSR count). The van der Waals surface area contributed by atoms with E-state index in [0.717, 1.165) is 109 Å². The lowest BCUT2D eigenvalue weighted by Gasteiger charge is -2.21. The fraction of sp³-hybridized carbons (Fsp3) is 0.905. The monoisotopic (exact) mass is 1500 g/mol. The molecule has 19 heteroatoms. The summed E-state index contributed by atoms with van der Waals surface area (Å²) in [4.78, 5) is 73.1. The van der Waals surface area contributed by atoms with Crippen LogP contribution in [-0.2, 0) is 65.4 Å². The van der Waals surface area contributed by atoms with Gasteiger partial charge < -0.3 is 33.8 Å². The van der Waals surface area contributed by atoms with Gasteiger partial charge >= 0.3 is 39.5 Å². The SMILES string of the molecule is CCCCCC/C=C\C=C/CCCCCCCC(=O)O[C@H](COC(=O)CCCCCCCCCCCC)COP(=O)(O)OC[C@H](O)COP(=O)(O)OC[C@@H](COC(=O)CCCCCCCCCCCCCCCCCCCCC)OC(=O)CCCCCCCCCCCCCCCCCCC(C)C. The number of unbranched alkanes of at least 4 members (excludes halogenated alkanes) is 51. The van der Waals surface area contributed by atoms with Crippen molar-refractivity contribution in [3.05, 3.63) is 24.3 Å². The molecule has 0 aliphatic carbocycles. The summed E-state index contributed by atoms with van der Waals surface area (Å²) in [5, 5.41) is 10.7. The van der Waals surface area contributed by atoms with Crippen LogP contribution in [0.2, 0.25) is 0 Å². The number of ether oxygens (including phenoxy) is 4. The molecule has 5 atom stereocenters. The number of aliphatic hydroxyl groups excluding tert-OH is 1. The molecule has 0 amide bonds. The lowest BCUT2D eigenvalue weighted by atomic mass is 10.0. The summed E-state index contributed by atoms with van der Waals surface area (Å²) < 4.78 is 68.7. The van der Waals surface area contributed by atoms with Gasteiger partial charge in [-0.3, -0.25) is 37.3 Å². The average molecular weight is 1500 g/mol. The number of hydrogen-bond acceptors (Lipinski definition) is 15. The molecule has 17 nitrogen and oxygen atoms in total. The van der Waals surface area contributed by atoms with E-state index in [9.17, 15) is 43.2 Å². The van der Waals surface area contributed by atoms with Gasteiger partial charge in [-0.25, -0.2) is 9.13 Å². The van der Waals surface area contributed by atoms with Gasteiger partial charge in [0.05, 0.1) is 26.4 Å². The van der Waals surface area contributed by atoms with Crippen molar-refractivity contribution in [1.82, 2.24) is 0 Å². The summed E-state index contributed by atoms with van der Waals surface area (Å²) in [7, 11) is -9.93. The van der Waals surface area contributed by atoms with Crippen LogP contribution >= 0.6 is 15.6 Å². The van der Waals surface area contributed by atoms with Crippen molar-refractivity contribution >= 4 is 39.5 Å². The highest BCUT2D eigenvalue weighted by atomic mass is 31.2. The molecule has 0 aromatic heterocycles. The van der Waals surface area contributed by atoms with Gasteiger partial charge in [0, 0.05) is 25.7 Å². The average Bonchev–Trinajstić information content (AvgIpc) is 0.940. The normalized spacial score (nSPS) is 14.0. The Morgan fingerprint density at radius 2 is 0.524 bits per heavy atom. The molecule has 0 radical (unpaired) electrons. The zero-order chi connectivity index (χ0) is 75.5. The Bertz CT molecular complexity index is 2060. The molecule has 0 saturated heterocycles. The van der Waals surface area contributed by atoms with Gasteiger partial charge in [-0.05, 0) is 57.3 Å². The summed E-state index contributed by atoms with van der Waals surface area (Å²) in [6.07, 6.45) is 71.6. The molecule has 0 aliphatic rings. The summed E-state index contributed by atoms with van der Waals surface area (Å²) in [6, 6.07) is 0. The van der Waals surface area contributed by atoms with Gasteiger partial charge in [-0.2, -0.15) is 0 Å². The highest BCUT2D eigenvalue weighted by molar-refractivity contribution is 7.47. The third-order valence-corrected chi connectivity index (χ3v) is 21.1. The third-order valence-electron chi connectivity index (χ3n) is 19.2. The fourth-order valence-electron chi connectivity index (χ4n) is 12.6. The van der Waals surface area contributed by atoms with E-state index in [0.29, 0.717) is 25.7 Å². The number of rotatable bonds is 82. The number of allylic oxidation sites excluding steroid dienone is 4. The Morgan fingerprint density at radius 3 is 0.796 bits per heavy atom. The Kier molecular flexibility index (Phi) is 74.5. The minimum absolute atomic E-state index is 0.0856. The Labute approximate surface area is 631 Å². The van der Waals surface area contributed by atoms with Crippen LogP contribution < -0.4 is 0 Å². The van der Waals surface area contributed by atoms with Crippen LogP contribution in [-0.4, -0.2) is 96.7 Å². The van der Waals surface area contributed by atoms with Gasteiger partial charge in [0.1, 0.15) is 19.3 Å². The maximum atomic E-state index is 13.1. The number of hydrogen-bond donors (Lipinski definition) is 3. The van der Waals surface area contributed by atoms with E-state index in [2.05, 4.69) is 58.9 Å². The number of esters is 4. The van der Waals surface area contributed by atoms with Gasteiger partial charge in [0.15, 0.2) is 12.2 Å². The van der Waals surface area contributed by atoms with Crippen molar-refractivity contribution in [3.8, 4) is 0 Å². The highest BCUT2D eigenvalue weighted by Crippen LogP contribution is 2.45. The first-order valence-electron chi connectivity index (χ1n) is 43.0. The second kappa shape index (κ2) is 76.3. The minimum atomic E-state index is -4.97. The smallest absolute Gasteiger partial charge is 0.462 e. The second-order valence-electron chi connectivity index (χ2n) is 30.0. The van der Waals surface area contributed by atoms with Crippen molar-refractivity contribution in [2.75, 3.05) is 39.6 Å². The molecule has 0 aromatic rings. The maximum absolute atomic E-state index is 13.1. The third kappa shape index (κ3) is 77.5. The minimum Gasteiger partial charge on any atom is -0.462 e. The van der Waals surface area contributed by atoms with E-state index in [1.165, 1.54) is 238 Å². The Hall–Kier alpha value is -2.46. The van der Waals surface area contributed by atoms with E-state index < -0.39 is 97.5 Å². The van der Waals surface area contributed by atoms with Crippen LogP contribution in [0.15, 0.2) is 24.3 Å². The van der Waals surface area contributed by atoms with Crippen molar-refractivity contribution < 1.29 is 80.2 Å². The second-order valence-corrected chi connectivity index (χ2v) is 32.9. The van der Waals surface area contributed by atoms with E-state index in [1.807, 2.05) is 0 Å². The molecule has 0 fully saturated rings. The van der Waals surface area contributed by atoms with Gasteiger partial charge in [-0.1, -0.05) is 374 Å². The van der Waals surface area contributed by atoms with Crippen LogP contribution in [0.1, 0.15) is 426 Å². The first kappa shape index (κ1) is 101. The molecule has 0 heterocycles. The fourth-order valence-corrected chi connectivity index (χ4v) is 14.2. The van der Waals surface area contributed by atoms with Crippen molar-refractivity contribution in [3.63, 3.8) is 0 Å². The zero-order valence-electron chi connectivity index (χ0n) is 66.9. The van der Waals surface area contributed by atoms with Crippen molar-refractivity contribution in [1.29, 1.82) is 0 Å². The van der Waals surface area contributed by atoms with E-state index in [1.54, 1.807) is 0 Å². The van der Waals surface area contributed by atoms with Crippen LogP contribution in [0.25, 0.3) is 0 Å². The molecule has 0 spiro atoms. The molecule has 3 N–H and O–H groups in total. The lowest BCUT2D eigenvalue weighted by Crippen LogP contribution is -2.30. The zero-order valence-corrected chi connectivity index (χ0v) is 68.7. The number of phosphoric acid groups is 2. The molecule has 2 unspecified atom stereocenters. The molecule has 0 bridgehead atoms. The quantitative estimate of drug-likeness (QED) is 0.0169. The van der Waals surface area contributed by atoms with Gasteiger partial charge in [0.2, 0.25) is 0 Å². The molecular formula is C84H160O17P2.